The SMILES string of the molecule is CCCCCC1OC(Cn2ccnc2)c2ccccc21. The summed E-state index contributed by atoms with van der Waals surface area (Å²) in [7, 11) is 0. The van der Waals surface area contributed by atoms with Gasteiger partial charge in [-0.2, -0.15) is 0 Å². The molecule has 2 heterocycles. The van der Waals surface area contributed by atoms with E-state index in [2.05, 4.69) is 40.7 Å². The standard InChI is InChI=1S/C17H22N2O/c1-2-3-4-9-16-14-7-5-6-8-15(14)17(20-16)12-19-11-10-18-13-19/h5-8,10-11,13,16-17H,2-4,9,12H2,1H3. The highest BCUT2D eigenvalue weighted by atomic mass is 16.5. The summed E-state index contributed by atoms with van der Waals surface area (Å²) in [5.41, 5.74) is 2.73. The first-order valence-electron chi connectivity index (χ1n) is 7.58. The van der Waals surface area contributed by atoms with Gasteiger partial charge in [-0.25, -0.2) is 4.98 Å². The quantitative estimate of drug-likeness (QED) is 0.733. The normalized spacial score (nSPS) is 21.1. The van der Waals surface area contributed by atoms with Crippen LogP contribution in [0.4, 0.5) is 0 Å². The van der Waals surface area contributed by atoms with E-state index in [0.717, 1.165) is 13.0 Å². The molecule has 3 rings (SSSR count). The monoisotopic (exact) mass is 270 g/mol. The van der Waals surface area contributed by atoms with E-state index in [1.807, 2.05) is 18.7 Å². The van der Waals surface area contributed by atoms with Crippen LogP contribution < -0.4 is 0 Å². The second kappa shape index (κ2) is 6.23. The summed E-state index contributed by atoms with van der Waals surface area (Å²) in [4.78, 5) is 4.11. The maximum absolute atomic E-state index is 6.30. The molecule has 0 fully saturated rings. The van der Waals surface area contributed by atoms with Gasteiger partial charge in [-0.05, 0) is 17.5 Å². The summed E-state index contributed by atoms with van der Waals surface area (Å²) in [5.74, 6) is 0. The van der Waals surface area contributed by atoms with Crippen LogP contribution >= 0.6 is 0 Å². The van der Waals surface area contributed by atoms with Crippen LogP contribution in [0.15, 0.2) is 43.0 Å². The zero-order chi connectivity index (χ0) is 13.8. The second-order valence-corrected chi connectivity index (χ2v) is 5.50. The van der Waals surface area contributed by atoms with E-state index >= 15 is 0 Å². The Balaban J connectivity index is 1.74. The molecule has 2 aromatic rings. The first kappa shape index (κ1) is 13.4. The van der Waals surface area contributed by atoms with Gasteiger partial charge in [0.05, 0.1) is 19.0 Å². The van der Waals surface area contributed by atoms with Gasteiger partial charge in [0.25, 0.3) is 0 Å². The molecule has 1 aromatic carbocycles. The Morgan fingerprint density at radius 3 is 2.65 bits per heavy atom. The fourth-order valence-corrected chi connectivity index (χ4v) is 2.97. The third-order valence-corrected chi connectivity index (χ3v) is 4.02. The van der Waals surface area contributed by atoms with Crippen molar-refractivity contribution in [1.82, 2.24) is 9.55 Å². The van der Waals surface area contributed by atoms with E-state index in [0.29, 0.717) is 0 Å². The number of nitrogens with zero attached hydrogens (tertiary/aromatic N) is 2. The molecular weight excluding hydrogens is 248 g/mol. The summed E-state index contributed by atoms with van der Waals surface area (Å²) >= 11 is 0. The number of benzene rings is 1. The average Bonchev–Trinajstić information content (AvgIpc) is 3.09. The smallest absolute Gasteiger partial charge is 0.102 e. The lowest BCUT2D eigenvalue weighted by molar-refractivity contribution is -0.00336. The van der Waals surface area contributed by atoms with Crippen molar-refractivity contribution in [2.75, 3.05) is 0 Å². The molecule has 20 heavy (non-hydrogen) atoms. The first-order valence-corrected chi connectivity index (χ1v) is 7.58. The Morgan fingerprint density at radius 2 is 1.95 bits per heavy atom. The summed E-state index contributed by atoms with van der Waals surface area (Å²) in [6.45, 7) is 3.09. The van der Waals surface area contributed by atoms with Gasteiger partial charge in [0.2, 0.25) is 0 Å². The third kappa shape index (κ3) is 2.78. The molecule has 0 spiro atoms. The van der Waals surface area contributed by atoms with E-state index in [-0.39, 0.29) is 12.2 Å². The highest BCUT2D eigenvalue weighted by Gasteiger charge is 2.30. The van der Waals surface area contributed by atoms with Crippen LogP contribution in [0.1, 0.15) is 55.9 Å². The molecule has 2 unspecified atom stereocenters. The number of hydrogen-bond donors (Lipinski definition) is 0. The Bertz CT molecular complexity index is 536. The van der Waals surface area contributed by atoms with Crippen molar-refractivity contribution in [2.45, 2.75) is 51.4 Å². The minimum atomic E-state index is 0.159. The van der Waals surface area contributed by atoms with Crippen LogP contribution in [-0.2, 0) is 11.3 Å². The van der Waals surface area contributed by atoms with Crippen molar-refractivity contribution in [2.24, 2.45) is 0 Å². The summed E-state index contributed by atoms with van der Waals surface area (Å²) < 4.78 is 8.40. The van der Waals surface area contributed by atoms with E-state index in [1.54, 1.807) is 0 Å². The zero-order valence-corrected chi connectivity index (χ0v) is 12.0. The molecule has 2 atom stereocenters. The van der Waals surface area contributed by atoms with Crippen LogP contribution in [0.25, 0.3) is 0 Å². The molecule has 0 saturated heterocycles. The van der Waals surface area contributed by atoms with E-state index in [1.165, 1.54) is 30.4 Å². The minimum Gasteiger partial charge on any atom is -0.364 e. The average molecular weight is 270 g/mol. The van der Waals surface area contributed by atoms with Crippen LogP contribution in [0, 0.1) is 0 Å². The molecule has 0 saturated carbocycles. The Morgan fingerprint density at radius 1 is 1.15 bits per heavy atom. The van der Waals surface area contributed by atoms with Gasteiger partial charge >= 0.3 is 0 Å². The molecule has 1 aliphatic heterocycles. The van der Waals surface area contributed by atoms with Gasteiger partial charge < -0.3 is 9.30 Å². The maximum atomic E-state index is 6.30. The summed E-state index contributed by atoms with van der Waals surface area (Å²) in [5, 5.41) is 0. The van der Waals surface area contributed by atoms with Crippen molar-refractivity contribution in [3.8, 4) is 0 Å². The van der Waals surface area contributed by atoms with E-state index in [9.17, 15) is 0 Å². The summed E-state index contributed by atoms with van der Waals surface area (Å²) in [6.07, 6.45) is 11.0. The van der Waals surface area contributed by atoms with Gasteiger partial charge in [0.1, 0.15) is 6.10 Å². The Hall–Kier alpha value is -1.61. The zero-order valence-electron chi connectivity index (χ0n) is 12.0. The predicted molar refractivity (Wildman–Crippen MR) is 79.4 cm³/mol. The summed E-state index contributed by atoms with van der Waals surface area (Å²) in [6, 6.07) is 8.66. The number of unbranched alkanes of at least 4 members (excludes halogenated alkanes) is 2. The van der Waals surface area contributed by atoms with E-state index < -0.39 is 0 Å². The Kier molecular flexibility index (Phi) is 4.16. The van der Waals surface area contributed by atoms with Crippen LogP contribution in [0.5, 0.6) is 0 Å². The lowest BCUT2D eigenvalue weighted by atomic mass is 9.99. The number of ether oxygens (including phenoxy) is 1. The molecule has 0 amide bonds. The van der Waals surface area contributed by atoms with Crippen LogP contribution in [-0.4, -0.2) is 9.55 Å². The maximum Gasteiger partial charge on any atom is 0.102 e. The van der Waals surface area contributed by atoms with Gasteiger partial charge in [-0.15, -0.1) is 0 Å². The minimum absolute atomic E-state index is 0.159. The first-order chi connectivity index (χ1) is 9.88. The number of fused-ring (bicyclic) bond motifs is 1. The number of rotatable bonds is 6. The third-order valence-electron chi connectivity index (χ3n) is 4.02. The number of hydrogen-bond acceptors (Lipinski definition) is 2. The molecule has 1 aliphatic rings. The van der Waals surface area contributed by atoms with Crippen LogP contribution in [0.3, 0.4) is 0 Å². The molecule has 0 aliphatic carbocycles. The van der Waals surface area contributed by atoms with Crippen molar-refractivity contribution in [3.63, 3.8) is 0 Å². The number of imidazole rings is 1. The van der Waals surface area contributed by atoms with Gasteiger partial charge in [0, 0.05) is 12.4 Å². The van der Waals surface area contributed by atoms with Gasteiger partial charge in [-0.1, -0.05) is 50.5 Å². The largest absolute Gasteiger partial charge is 0.364 e. The van der Waals surface area contributed by atoms with Gasteiger partial charge in [-0.3, -0.25) is 0 Å². The molecule has 3 nitrogen and oxygen atoms in total. The fourth-order valence-electron chi connectivity index (χ4n) is 2.97. The second-order valence-electron chi connectivity index (χ2n) is 5.50. The molecule has 0 radical (unpaired) electrons. The van der Waals surface area contributed by atoms with Crippen molar-refractivity contribution < 1.29 is 4.74 Å². The lowest BCUT2D eigenvalue weighted by Gasteiger charge is -2.15. The molecule has 0 bridgehead atoms. The topological polar surface area (TPSA) is 27.1 Å². The molecule has 106 valence electrons. The van der Waals surface area contributed by atoms with Crippen LogP contribution in [0.2, 0.25) is 0 Å². The highest BCUT2D eigenvalue weighted by Crippen LogP contribution is 2.42. The number of aromatic nitrogens is 2. The predicted octanol–water partition coefficient (Wildman–Crippen LogP) is 4.28. The van der Waals surface area contributed by atoms with Crippen molar-refractivity contribution in [1.29, 1.82) is 0 Å². The van der Waals surface area contributed by atoms with Crippen molar-refractivity contribution in [3.05, 3.63) is 54.1 Å². The molecule has 0 N–H and O–H groups in total. The van der Waals surface area contributed by atoms with Crippen molar-refractivity contribution >= 4 is 0 Å². The lowest BCUT2D eigenvalue weighted by Crippen LogP contribution is -2.07. The van der Waals surface area contributed by atoms with E-state index in [4.69, 9.17) is 4.74 Å². The Labute approximate surface area is 120 Å². The molecule has 1 aromatic heterocycles. The highest BCUT2D eigenvalue weighted by molar-refractivity contribution is 5.34. The fraction of sp³-hybridized carbons (Fsp3) is 0.471. The molecular formula is C17H22N2O. The molecule has 3 heteroatoms. The van der Waals surface area contributed by atoms with Gasteiger partial charge in [0.15, 0.2) is 0 Å².